The molecule has 1 saturated heterocycles. The zero-order valence-corrected chi connectivity index (χ0v) is 13.6. The maximum atomic E-state index is 12.7. The number of fused-ring (bicyclic) bond motifs is 1. The number of β-amino-alcohol motifs (C(OH)–C–C–N with tert-alkyl or cyclic N) is 1. The molecule has 0 unspecified atom stereocenters. The predicted octanol–water partition coefficient (Wildman–Crippen LogP) is -0.486. The van der Waals surface area contributed by atoms with Gasteiger partial charge in [-0.3, -0.25) is 9.59 Å². The Morgan fingerprint density at radius 2 is 2.08 bits per heavy atom. The molecule has 1 aromatic rings. The molecule has 3 N–H and O–H groups in total. The monoisotopic (exact) mass is 333 g/mol. The molecule has 1 atom stereocenters. The van der Waals surface area contributed by atoms with E-state index < -0.39 is 11.5 Å². The molecule has 0 bridgehead atoms. The van der Waals surface area contributed by atoms with Crippen LogP contribution in [0.5, 0.6) is 0 Å². The number of benzene rings is 1. The molecular formula is C17H23N3O4. The van der Waals surface area contributed by atoms with Gasteiger partial charge in [0.25, 0.3) is 0 Å². The molecule has 0 aromatic heterocycles. The fourth-order valence-electron chi connectivity index (χ4n) is 3.40. The van der Waals surface area contributed by atoms with Crippen LogP contribution in [0.1, 0.15) is 12.0 Å². The second-order valence-electron chi connectivity index (χ2n) is 6.54. The van der Waals surface area contributed by atoms with Gasteiger partial charge in [0.2, 0.25) is 11.8 Å². The summed E-state index contributed by atoms with van der Waals surface area (Å²) in [5.41, 5.74) is 6.12. The number of nitrogens with two attached hydrogens (primary N) is 1. The van der Waals surface area contributed by atoms with Gasteiger partial charge in [0, 0.05) is 18.8 Å². The molecule has 0 spiro atoms. The fourth-order valence-corrected chi connectivity index (χ4v) is 3.40. The smallest absolute Gasteiger partial charge is 0.242 e. The highest BCUT2D eigenvalue weighted by Gasteiger charge is 2.36. The number of nitrogens with zero attached hydrogens (tertiary/aromatic N) is 2. The first-order valence-electron chi connectivity index (χ1n) is 8.16. The van der Waals surface area contributed by atoms with Gasteiger partial charge in [-0.1, -0.05) is 18.2 Å². The molecule has 2 heterocycles. The summed E-state index contributed by atoms with van der Waals surface area (Å²) in [5, 5.41) is 10.5. The summed E-state index contributed by atoms with van der Waals surface area (Å²) in [6.07, 6.45) is 0.710. The van der Waals surface area contributed by atoms with Crippen LogP contribution in [0.15, 0.2) is 24.3 Å². The number of carbonyl (C=O) groups excluding carboxylic acids is 2. The van der Waals surface area contributed by atoms with E-state index in [1.165, 1.54) is 5.56 Å². The molecule has 7 nitrogen and oxygen atoms in total. The van der Waals surface area contributed by atoms with Crippen molar-refractivity contribution in [3.05, 3.63) is 29.8 Å². The number of hydrogen-bond acceptors (Lipinski definition) is 5. The summed E-state index contributed by atoms with van der Waals surface area (Å²) in [6, 6.07) is 8.06. The van der Waals surface area contributed by atoms with E-state index in [1.807, 2.05) is 18.2 Å². The molecule has 24 heavy (non-hydrogen) atoms. The van der Waals surface area contributed by atoms with Crippen LogP contribution in [0.2, 0.25) is 0 Å². The Bertz CT molecular complexity index is 636. The van der Waals surface area contributed by atoms with Gasteiger partial charge in [-0.25, -0.2) is 0 Å². The van der Waals surface area contributed by atoms with Gasteiger partial charge in [-0.05, 0) is 18.1 Å². The fraction of sp³-hybridized carbons (Fsp3) is 0.529. The number of carbonyl (C=O) groups is 2. The Hall–Kier alpha value is -2.12. The van der Waals surface area contributed by atoms with E-state index in [4.69, 9.17) is 10.5 Å². The summed E-state index contributed by atoms with van der Waals surface area (Å²) >= 11 is 0. The number of primary amides is 1. The number of aliphatic hydroxyl groups is 1. The maximum Gasteiger partial charge on any atom is 0.242 e. The summed E-state index contributed by atoms with van der Waals surface area (Å²) < 4.78 is 5.35. The van der Waals surface area contributed by atoms with Crippen molar-refractivity contribution in [3.8, 4) is 0 Å². The number of hydrogen-bond donors (Lipinski definition) is 2. The van der Waals surface area contributed by atoms with E-state index in [9.17, 15) is 14.7 Å². The average Bonchev–Trinajstić information content (AvgIpc) is 2.82. The highest BCUT2D eigenvalue weighted by atomic mass is 16.5. The quantitative estimate of drug-likeness (QED) is 0.775. The van der Waals surface area contributed by atoms with Gasteiger partial charge in [-0.15, -0.1) is 0 Å². The van der Waals surface area contributed by atoms with E-state index in [1.54, 1.807) is 4.90 Å². The average molecular weight is 333 g/mol. The van der Waals surface area contributed by atoms with E-state index >= 15 is 0 Å². The zero-order chi connectivity index (χ0) is 17.2. The SMILES string of the molecule is NC(=O)C[C@]1(O)COCCN(C(=O)CN2CCc3ccccc32)C1. The van der Waals surface area contributed by atoms with Gasteiger partial charge < -0.3 is 25.4 Å². The second-order valence-corrected chi connectivity index (χ2v) is 6.54. The third kappa shape index (κ3) is 3.68. The van der Waals surface area contributed by atoms with Gasteiger partial charge in [0.1, 0.15) is 5.60 Å². The number of anilines is 1. The van der Waals surface area contributed by atoms with E-state index in [-0.39, 0.29) is 32.0 Å². The summed E-state index contributed by atoms with van der Waals surface area (Å²) in [7, 11) is 0. The van der Waals surface area contributed by atoms with Crippen LogP contribution in [-0.4, -0.2) is 66.8 Å². The van der Waals surface area contributed by atoms with Crippen molar-refractivity contribution < 1.29 is 19.4 Å². The molecular weight excluding hydrogens is 310 g/mol. The molecule has 2 aliphatic rings. The highest BCUT2D eigenvalue weighted by molar-refractivity contribution is 5.83. The first-order chi connectivity index (χ1) is 11.5. The van der Waals surface area contributed by atoms with Crippen LogP contribution in [0.3, 0.4) is 0 Å². The normalized spacial score (nSPS) is 23.7. The van der Waals surface area contributed by atoms with Gasteiger partial charge in [-0.2, -0.15) is 0 Å². The van der Waals surface area contributed by atoms with Gasteiger partial charge in [0.15, 0.2) is 0 Å². The molecule has 0 saturated carbocycles. The molecule has 3 rings (SSSR count). The molecule has 2 aliphatic heterocycles. The lowest BCUT2D eigenvalue weighted by atomic mass is 10.00. The van der Waals surface area contributed by atoms with Crippen LogP contribution < -0.4 is 10.6 Å². The van der Waals surface area contributed by atoms with Crippen LogP contribution in [-0.2, 0) is 20.7 Å². The van der Waals surface area contributed by atoms with Crippen LogP contribution >= 0.6 is 0 Å². The van der Waals surface area contributed by atoms with Crippen molar-refractivity contribution in [1.82, 2.24) is 4.90 Å². The lowest BCUT2D eigenvalue weighted by Crippen LogP contribution is -2.50. The first kappa shape index (κ1) is 16.7. The first-order valence-corrected chi connectivity index (χ1v) is 8.16. The van der Waals surface area contributed by atoms with Crippen molar-refractivity contribution in [3.63, 3.8) is 0 Å². The lowest BCUT2D eigenvalue weighted by molar-refractivity contribution is -0.135. The highest BCUT2D eigenvalue weighted by Crippen LogP contribution is 2.27. The van der Waals surface area contributed by atoms with E-state index in [0.717, 1.165) is 18.7 Å². The largest absolute Gasteiger partial charge is 0.385 e. The molecule has 1 aromatic carbocycles. The molecule has 130 valence electrons. The second kappa shape index (κ2) is 6.78. The minimum atomic E-state index is -1.42. The van der Waals surface area contributed by atoms with Gasteiger partial charge >= 0.3 is 0 Å². The van der Waals surface area contributed by atoms with Crippen molar-refractivity contribution in [2.24, 2.45) is 5.73 Å². The molecule has 2 amide bonds. The minimum Gasteiger partial charge on any atom is -0.385 e. The Balaban J connectivity index is 1.67. The van der Waals surface area contributed by atoms with Crippen molar-refractivity contribution in [2.75, 3.05) is 44.3 Å². The zero-order valence-electron chi connectivity index (χ0n) is 13.6. The number of para-hydroxylation sites is 1. The molecule has 7 heteroatoms. The topological polar surface area (TPSA) is 96.1 Å². The lowest BCUT2D eigenvalue weighted by Gasteiger charge is -2.31. The molecule has 1 fully saturated rings. The summed E-state index contributed by atoms with van der Waals surface area (Å²) in [4.78, 5) is 27.5. The van der Waals surface area contributed by atoms with Crippen LogP contribution in [0, 0.1) is 0 Å². The standard InChI is InChI=1S/C17H23N3O4/c18-15(21)9-17(23)11-20(7-8-24-12-17)16(22)10-19-6-5-13-3-1-2-4-14(13)19/h1-4,23H,5-12H2,(H2,18,21)/t17-/m1/s1. The van der Waals surface area contributed by atoms with Crippen LogP contribution in [0.25, 0.3) is 0 Å². The predicted molar refractivity (Wildman–Crippen MR) is 88.5 cm³/mol. The van der Waals surface area contributed by atoms with Crippen molar-refractivity contribution >= 4 is 17.5 Å². The molecule has 0 aliphatic carbocycles. The van der Waals surface area contributed by atoms with E-state index in [0.29, 0.717) is 13.2 Å². The Morgan fingerprint density at radius 3 is 2.88 bits per heavy atom. The van der Waals surface area contributed by atoms with Crippen LogP contribution in [0.4, 0.5) is 5.69 Å². The van der Waals surface area contributed by atoms with E-state index in [2.05, 4.69) is 11.0 Å². The third-order valence-electron chi connectivity index (χ3n) is 4.53. The summed E-state index contributed by atoms with van der Waals surface area (Å²) in [5.74, 6) is -0.691. The number of amides is 2. The Labute approximate surface area is 141 Å². The number of rotatable bonds is 4. The molecule has 0 radical (unpaired) electrons. The van der Waals surface area contributed by atoms with Gasteiger partial charge in [0.05, 0.1) is 32.7 Å². The third-order valence-corrected chi connectivity index (χ3v) is 4.53. The van der Waals surface area contributed by atoms with Crippen molar-refractivity contribution in [2.45, 2.75) is 18.4 Å². The summed E-state index contributed by atoms with van der Waals surface area (Å²) in [6.45, 7) is 1.86. The Morgan fingerprint density at radius 1 is 1.29 bits per heavy atom. The van der Waals surface area contributed by atoms with Crippen molar-refractivity contribution in [1.29, 1.82) is 0 Å². The maximum absolute atomic E-state index is 12.7. The number of ether oxygens (including phenoxy) is 1. The Kier molecular flexibility index (Phi) is 4.73. The minimum absolute atomic E-state index is 0.00622.